The van der Waals surface area contributed by atoms with E-state index in [1.54, 1.807) is 6.08 Å². The molecule has 2 nitrogen and oxygen atoms in total. The van der Waals surface area contributed by atoms with Gasteiger partial charge in [-0.25, -0.2) is 0 Å². The number of para-hydroxylation sites is 2. The Morgan fingerprint density at radius 2 is 1.21 bits per heavy atom. The van der Waals surface area contributed by atoms with Crippen LogP contribution in [0.25, 0.3) is 6.08 Å². The molecule has 0 unspecified atom stereocenters. The number of hydrogen-bond donors (Lipinski definition) is 0. The van der Waals surface area contributed by atoms with Crippen molar-refractivity contribution in [3.8, 4) is 0 Å². The van der Waals surface area contributed by atoms with Gasteiger partial charge in [0.25, 0.3) is 0 Å². The van der Waals surface area contributed by atoms with Crippen LogP contribution in [0.4, 0.5) is 30.2 Å². The van der Waals surface area contributed by atoms with E-state index in [0.717, 1.165) is 34.8 Å². The van der Waals surface area contributed by atoms with Gasteiger partial charge < -0.3 is 4.90 Å². The average molecular weight is 443 g/mol. The molecule has 0 aliphatic rings. The molecule has 0 amide bonds. The van der Waals surface area contributed by atoms with Crippen LogP contribution in [0, 0.1) is 0 Å². The minimum atomic E-state index is -4.49. The second-order valence-corrected chi connectivity index (χ2v) is 7.37. The maximum absolute atomic E-state index is 12.9. The summed E-state index contributed by atoms with van der Waals surface area (Å²) in [6, 6.07) is 31.9. The fourth-order valence-corrected chi connectivity index (χ4v) is 3.45. The number of halogens is 3. The first-order chi connectivity index (χ1) is 15.9. The largest absolute Gasteiger partial charge is 0.416 e. The lowest BCUT2D eigenvalue weighted by molar-refractivity contribution is -0.137. The monoisotopic (exact) mass is 443 g/mol. The summed E-state index contributed by atoms with van der Waals surface area (Å²) >= 11 is 0. The highest BCUT2D eigenvalue weighted by Crippen LogP contribution is 2.34. The lowest BCUT2D eigenvalue weighted by atomic mass is 10.1. The summed E-state index contributed by atoms with van der Waals surface area (Å²) in [6.07, 6.45) is -1.60. The number of allylic oxidation sites excluding steroid dienone is 1. The van der Waals surface area contributed by atoms with Crippen LogP contribution in [-0.2, 0) is 6.18 Å². The zero-order valence-electron chi connectivity index (χ0n) is 17.5. The molecule has 0 saturated carbocycles. The van der Waals surface area contributed by atoms with Crippen LogP contribution < -0.4 is 4.90 Å². The van der Waals surface area contributed by atoms with Crippen LogP contribution in [0.1, 0.15) is 21.5 Å². The second kappa shape index (κ2) is 9.57. The van der Waals surface area contributed by atoms with Crippen molar-refractivity contribution in [2.45, 2.75) is 6.18 Å². The Labute approximate surface area is 190 Å². The van der Waals surface area contributed by atoms with E-state index in [-0.39, 0.29) is 5.56 Å². The van der Waals surface area contributed by atoms with Crippen molar-refractivity contribution in [3.63, 3.8) is 0 Å². The maximum Gasteiger partial charge on any atom is 0.416 e. The number of nitrogens with zero attached hydrogens (tertiary/aromatic N) is 1. The molecule has 0 atom stereocenters. The predicted molar refractivity (Wildman–Crippen MR) is 126 cm³/mol. The molecule has 0 fully saturated rings. The minimum Gasteiger partial charge on any atom is -0.311 e. The second-order valence-electron chi connectivity index (χ2n) is 7.37. The van der Waals surface area contributed by atoms with Crippen LogP contribution in [0.3, 0.4) is 0 Å². The van der Waals surface area contributed by atoms with Crippen LogP contribution in [-0.4, -0.2) is 5.78 Å². The van der Waals surface area contributed by atoms with Crippen LogP contribution in [0.15, 0.2) is 115 Å². The molecule has 0 spiro atoms. The minimum absolute atomic E-state index is 0.00275. The van der Waals surface area contributed by atoms with E-state index in [2.05, 4.69) is 4.90 Å². The fraction of sp³-hybridized carbons (Fsp3) is 0.0357. The van der Waals surface area contributed by atoms with Crippen LogP contribution in [0.5, 0.6) is 0 Å². The third kappa shape index (κ3) is 5.39. The molecule has 0 saturated heterocycles. The van der Waals surface area contributed by atoms with Gasteiger partial charge in [0.05, 0.1) is 5.56 Å². The summed E-state index contributed by atoms with van der Waals surface area (Å²) in [5.74, 6) is -0.486. The Morgan fingerprint density at radius 3 is 1.76 bits per heavy atom. The molecule has 0 heterocycles. The molecule has 4 aromatic carbocycles. The van der Waals surface area contributed by atoms with Crippen molar-refractivity contribution in [1.29, 1.82) is 0 Å². The summed E-state index contributed by atoms with van der Waals surface area (Å²) in [6.45, 7) is 0. The van der Waals surface area contributed by atoms with Gasteiger partial charge in [0.1, 0.15) is 0 Å². The predicted octanol–water partition coefficient (Wildman–Crippen LogP) is 8.07. The molecule has 33 heavy (non-hydrogen) atoms. The SMILES string of the molecule is O=C(/C=C/c1ccc(N(c2ccccc2)c2ccccc2)cc1)c1cccc(C(F)(F)F)c1. The molecular weight excluding hydrogens is 423 g/mol. The molecule has 0 aliphatic carbocycles. The molecule has 0 N–H and O–H groups in total. The molecule has 0 aliphatic heterocycles. The highest BCUT2D eigenvalue weighted by molar-refractivity contribution is 6.06. The molecule has 164 valence electrons. The van der Waals surface area contributed by atoms with E-state index in [1.165, 1.54) is 18.2 Å². The maximum atomic E-state index is 12.9. The number of benzene rings is 4. The lowest BCUT2D eigenvalue weighted by Gasteiger charge is -2.25. The van der Waals surface area contributed by atoms with E-state index in [0.29, 0.717) is 0 Å². The van der Waals surface area contributed by atoms with Gasteiger partial charge in [-0.3, -0.25) is 4.79 Å². The third-order valence-corrected chi connectivity index (χ3v) is 5.08. The van der Waals surface area contributed by atoms with Crippen LogP contribution >= 0.6 is 0 Å². The smallest absolute Gasteiger partial charge is 0.311 e. The molecule has 5 heteroatoms. The average Bonchev–Trinajstić information content (AvgIpc) is 2.84. The van der Waals surface area contributed by atoms with Crippen molar-refractivity contribution >= 4 is 28.9 Å². The Morgan fingerprint density at radius 1 is 0.667 bits per heavy atom. The number of hydrogen-bond acceptors (Lipinski definition) is 2. The van der Waals surface area contributed by atoms with Crippen molar-refractivity contribution < 1.29 is 18.0 Å². The first-order valence-electron chi connectivity index (χ1n) is 10.3. The van der Waals surface area contributed by atoms with Crippen LogP contribution in [0.2, 0.25) is 0 Å². The van der Waals surface area contributed by atoms with Gasteiger partial charge >= 0.3 is 6.18 Å². The summed E-state index contributed by atoms with van der Waals surface area (Å²) < 4.78 is 38.7. The van der Waals surface area contributed by atoms with Crippen molar-refractivity contribution in [3.05, 3.63) is 132 Å². The van der Waals surface area contributed by atoms with Gasteiger partial charge in [0.2, 0.25) is 0 Å². The molecular formula is C28H20F3NO. The summed E-state index contributed by atoms with van der Waals surface area (Å²) in [5, 5.41) is 0. The first kappa shape index (κ1) is 22.1. The van der Waals surface area contributed by atoms with E-state index in [1.807, 2.05) is 84.9 Å². The van der Waals surface area contributed by atoms with Gasteiger partial charge in [0.15, 0.2) is 5.78 Å². The van der Waals surface area contributed by atoms with E-state index in [4.69, 9.17) is 0 Å². The van der Waals surface area contributed by atoms with Gasteiger partial charge in [-0.05, 0) is 60.2 Å². The quantitative estimate of drug-likeness (QED) is 0.222. The number of carbonyl (C=O) groups is 1. The van der Waals surface area contributed by atoms with E-state index >= 15 is 0 Å². The number of carbonyl (C=O) groups excluding carboxylic acids is 1. The number of rotatable bonds is 6. The molecule has 0 bridgehead atoms. The van der Waals surface area contributed by atoms with E-state index < -0.39 is 17.5 Å². The third-order valence-electron chi connectivity index (χ3n) is 5.08. The normalized spacial score (nSPS) is 11.5. The number of ketones is 1. The molecule has 0 aromatic heterocycles. The molecule has 4 rings (SSSR count). The van der Waals surface area contributed by atoms with Gasteiger partial charge in [-0.1, -0.05) is 66.7 Å². The standard InChI is InChI=1S/C28H20F3NO/c29-28(30,31)23-9-7-8-22(20-23)27(33)19-16-21-14-17-26(18-15-21)32(24-10-3-1-4-11-24)25-12-5-2-6-13-25/h1-20H/b19-16+. The lowest BCUT2D eigenvalue weighted by Crippen LogP contribution is -2.09. The summed E-state index contributed by atoms with van der Waals surface area (Å²) in [5.41, 5.74) is 2.87. The first-order valence-corrected chi connectivity index (χ1v) is 10.3. The zero-order chi connectivity index (χ0) is 23.3. The Balaban J connectivity index is 1.56. The highest BCUT2D eigenvalue weighted by atomic mass is 19.4. The number of alkyl halides is 3. The zero-order valence-corrected chi connectivity index (χ0v) is 17.5. The highest BCUT2D eigenvalue weighted by Gasteiger charge is 2.30. The Bertz CT molecular complexity index is 1210. The Hall–Kier alpha value is -4.12. The fourth-order valence-electron chi connectivity index (χ4n) is 3.45. The van der Waals surface area contributed by atoms with E-state index in [9.17, 15) is 18.0 Å². The number of anilines is 3. The summed E-state index contributed by atoms with van der Waals surface area (Å²) in [4.78, 5) is 14.5. The summed E-state index contributed by atoms with van der Waals surface area (Å²) in [7, 11) is 0. The van der Waals surface area contributed by atoms with Crippen molar-refractivity contribution in [2.24, 2.45) is 0 Å². The van der Waals surface area contributed by atoms with Crippen molar-refractivity contribution in [1.82, 2.24) is 0 Å². The Kier molecular flexibility index (Phi) is 6.41. The molecule has 0 radical (unpaired) electrons. The van der Waals surface area contributed by atoms with Gasteiger partial charge in [-0.15, -0.1) is 0 Å². The molecule has 4 aromatic rings. The van der Waals surface area contributed by atoms with Crippen molar-refractivity contribution in [2.75, 3.05) is 4.90 Å². The van der Waals surface area contributed by atoms with Gasteiger partial charge in [-0.2, -0.15) is 13.2 Å². The van der Waals surface area contributed by atoms with Gasteiger partial charge in [0, 0.05) is 22.6 Å². The topological polar surface area (TPSA) is 20.3 Å².